The second-order valence-electron chi connectivity index (χ2n) is 9.94. The highest BCUT2D eigenvalue weighted by Gasteiger charge is 2.34. The van der Waals surface area contributed by atoms with Crippen LogP contribution in [0.4, 0.5) is 0 Å². The first-order chi connectivity index (χ1) is 17.1. The average molecular weight is 497 g/mol. The van der Waals surface area contributed by atoms with Crippen molar-refractivity contribution in [1.82, 2.24) is 9.80 Å². The molecule has 0 saturated carbocycles. The fraction of sp³-hybridized carbons (Fsp3) is 0.600. The molecule has 5 heteroatoms. The second kappa shape index (κ2) is 14.4. The molecule has 1 aliphatic rings. The number of fused-ring (bicyclic) bond motifs is 1. The molecule has 0 fully saturated rings. The summed E-state index contributed by atoms with van der Waals surface area (Å²) in [6, 6.07) is 10.5. The first-order valence-electron chi connectivity index (χ1n) is 13.8. The summed E-state index contributed by atoms with van der Waals surface area (Å²) in [7, 11) is 0. The smallest absolute Gasteiger partial charge is 0.242 e. The van der Waals surface area contributed by atoms with E-state index < -0.39 is 0 Å². The lowest BCUT2D eigenvalue weighted by Gasteiger charge is -2.38. The fourth-order valence-corrected chi connectivity index (χ4v) is 6.03. The van der Waals surface area contributed by atoms with Gasteiger partial charge in [0.05, 0.1) is 12.6 Å². The van der Waals surface area contributed by atoms with Gasteiger partial charge in [0.15, 0.2) is 0 Å². The van der Waals surface area contributed by atoms with Gasteiger partial charge in [0.1, 0.15) is 0 Å². The van der Waals surface area contributed by atoms with Gasteiger partial charge in [-0.3, -0.25) is 9.59 Å². The number of hydrogen-bond acceptors (Lipinski definition) is 3. The van der Waals surface area contributed by atoms with Crippen LogP contribution in [0.25, 0.3) is 0 Å². The third-order valence-corrected chi connectivity index (χ3v) is 8.22. The molecular weight excluding hydrogens is 452 g/mol. The van der Waals surface area contributed by atoms with E-state index in [4.69, 9.17) is 0 Å². The van der Waals surface area contributed by atoms with Gasteiger partial charge in [-0.05, 0) is 54.3 Å². The van der Waals surface area contributed by atoms with Crippen molar-refractivity contribution in [2.75, 3.05) is 19.6 Å². The third-order valence-electron chi connectivity index (χ3n) is 7.22. The van der Waals surface area contributed by atoms with Crippen LogP contribution in [0.1, 0.15) is 106 Å². The molecular formula is C30H44N2O2S. The summed E-state index contributed by atoms with van der Waals surface area (Å²) in [5.41, 5.74) is 3.64. The molecule has 192 valence electrons. The maximum absolute atomic E-state index is 13.8. The minimum absolute atomic E-state index is 0.0649. The number of thiophene rings is 1. The number of hydrogen-bond donors (Lipinski definition) is 0. The Bertz CT molecular complexity index is 938. The molecule has 0 bridgehead atoms. The fourth-order valence-electron chi connectivity index (χ4n) is 5.13. The zero-order valence-corrected chi connectivity index (χ0v) is 22.9. The first-order valence-corrected chi connectivity index (χ1v) is 14.6. The molecule has 35 heavy (non-hydrogen) atoms. The van der Waals surface area contributed by atoms with E-state index in [1.54, 1.807) is 11.3 Å². The maximum Gasteiger partial charge on any atom is 0.242 e. The lowest BCUT2D eigenvalue weighted by atomic mass is 9.90. The summed E-state index contributed by atoms with van der Waals surface area (Å²) >= 11 is 1.79. The first kappa shape index (κ1) is 27.4. The van der Waals surface area contributed by atoms with E-state index in [1.807, 2.05) is 9.80 Å². The molecule has 4 nitrogen and oxygen atoms in total. The summed E-state index contributed by atoms with van der Waals surface area (Å²) in [6.07, 6.45) is 11.6. The molecule has 0 aliphatic carbocycles. The molecule has 0 N–H and O–H groups in total. The Morgan fingerprint density at radius 3 is 2.43 bits per heavy atom. The van der Waals surface area contributed by atoms with Gasteiger partial charge >= 0.3 is 0 Å². The molecule has 1 atom stereocenters. The predicted molar refractivity (Wildman–Crippen MR) is 147 cm³/mol. The number of nitrogens with zero attached hydrogens (tertiary/aromatic N) is 2. The van der Waals surface area contributed by atoms with Crippen LogP contribution < -0.4 is 0 Å². The molecule has 1 aromatic heterocycles. The Labute approximate surface area is 216 Å². The van der Waals surface area contributed by atoms with Crippen molar-refractivity contribution in [3.05, 3.63) is 57.3 Å². The van der Waals surface area contributed by atoms with Crippen LogP contribution in [0.15, 0.2) is 35.7 Å². The van der Waals surface area contributed by atoms with Gasteiger partial charge in [-0.25, -0.2) is 0 Å². The quantitative estimate of drug-likeness (QED) is 0.257. The summed E-state index contributed by atoms with van der Waals surface area (Å²) in [5, 5.41) is 2.14. The monoisotopic (exact) mass is 496 g/mol. The molecule has 3 rings (SSSR count). The van der Waals surface area contributed by atoms with Crippen LogP contribution in [0.3, 0.4) is 0 Å². The van der Waals surface area contributed by atoms with Crippen molar-refractivity contribution in [3.8, 4) is 0 Å². The van der Waals surface area contributed by atoms with Crippen molar-refractivity contribution in [3.63, 3.8) is 0 Å². The van der Waals surface area contributed by atoms with Gasteiger partial charge in [0.2, 0.25) is 11.8 Å². The summed E-state index contributed by atoms with van der Waals surface area (Å²) in [5.74, 6) is 0.216. The van der Waals surface area contributed by atoms with Gasteiger partial charge < -0.3 is 9.80 Å². The third kappa shape index (κ3) is 7.67. The van der Waals surface area contributed by atoms with Crippen molar-refractivity contribution >= 4 is 23.2 Å². The van der Waals surface area contributed by atoms with Crippen LogP contribution in [0.2, 0.25) is 0 Å². The van der Waals surface area contributed by atoms with Crippen LogP contribution in [-0.4, -0.2) is 41.2 Å². The van der Waals surface area contributed by atoms with Crippen LogP contribution in [0.5, 0.6) is 0 Å². The van der Waals surface area contributed by atoms with Crippen molar-refractivity contribution in [2.24, 2.45) is 0 Å². The second-order valence-corrected chi connectivity index (χ2v) is 10.9. The Morgan fingerprint density at radius 2 is 1.66 bits per heavy atom. The lowest BCUT2D eigenvalue weighted by molar-refractivity contribution is -0.142. The summed E-state index contributed by atoms with van der Waals surface area (Å²) < 4.78 is 0. The number of aryl methyl sites for hydroxylation is 1. The minimum atomic E-state index is -0.0649. The van der Waals surface area contributed by atoms with E-state index in [2.05, 4.69) is 56.5 Å². The number of carbonyl (C=O) groups excluding carboxylic acids is 2. The number of carbonyl (C=O) groups is 2. The highest BCUT2D eigenvalue weighted by Crippen LogP contribution is 2.39. The molecule has 0 unspecified atom stereocenters. The standard InChI is InChI=1S/C30H44N2O2S/c1-4-6-8-9-10-11-17-28(33)31(20-14-7-5-2)23-29(34)32-21-18-27-26(19-22-35-27)30(32)25-16-13-12-15-24(25)3/h12-13,15-16,19,22,30H,4-11,14,17-18,20-21,23H2,1-3H3/t30-/m1/s1. The molecule has 2 aromatic rings. The molecule has 1 aromatic carbocycles. The zero-order chi connectivity index (χ0) is 25.0. The SMILES string of the molecule is CCCCCCCCC(=O)N(CCCCC)CC(=O)N1CCc2sccc2[C@H]1c1ccccc1C. The van der Waals surface area contributed by atoms with Gasteiger partial charge in [0.25, 0.3) is 0 Å². The van der Waals surface area contributed by atoms with Gasteiger partial charge in [-0.15, -0.1) is 11.3 Å². The van der Waals surface area contributed by atoms with Crippen molar-refractivity contribution < 1.29 is 9.59 Å². The number of amides is 2. The Morgan fingerprint density at radius 1 is 0.943 bits per heavy atom. The van der Waals surface area contributed by atoms with E-state index in [9.17, 15) is 9.59 Å². The highest BCUT2D eigenvalue weighted by molar-refractivity contribution is 7.10. The number of rotatable bonds is 14. The van der Waals surface area contributed by atoms with Gasteiger partial charge in [-0.1, -0.05) is 83.1 Å². The largest absolute Gasteiger partial charge is 0.333 e. The summed E-state index contributed by atoms with van der Waals surface area (Å²) in [6.45, 7) is 8.10. The normalized spacial score (nSPS) is 15.2. The van der Waals surface area contributed by atoms with Crippen LogP contribution >= 0.6 is 11.3 Å². The Balaban J connectivity index is 1.71. The van der Waals surface area contributed by atoms with Crippen LogP contribution in [-0.2, 0) is 16.0 Å². The molecule has 2 amide bonds. The van der Waals surface area contributed by atoms with E-state index in [0.717, 1.165) is 38.5 Å². The van der Waals surface area contributed by atoms with E-state index in [0.29, 0.717) is 19.5 Å². The highest BCUT2D eigenvalue weighted by atomic mass is 32.1. The maximum atomic E-state index is 13.8. The topological polar surface area (TPSA) is 40.6 Å². The zero-order valence-electron chi connectivity index (χ0n) is 22.1. The summed E-state index contributed by atoms with van der Waals surface area (Å²) in [4.78, 5) is 32.2. The van der Waals surface area contributed by atoms with Gasteiger partial charge in [-0.2, -0.15) is 0 Å². The number of unbranched alkanes of at least 4 members (excludes halogenated alkanes) is 7. The van der Waals surface area contributed by atoms with E-state index >= 15 is 0 Å². The Hall–Kier alpha value is -2.14. The minimum Gasteiger partial charge on any atom is -0.333 e. The Kier molecular flexibility index (Phi) is 11.3. The average Bonchev–Trinajstić information content (AvgIpc) is 3.34. The van der Waals surface area contributed by atoms with Gasteiger partial charge in [0, 0.05) is 24.4 Å². The van der Waals surface area contributed by atoms with Crippen LogP contribution in [0, 0.1) is 6.92 Å². The molecule has 2 heterocycles. The molecule has 0 radical (unpaired) electrons. The van der Waals surface area contributed by atoms with E-state index in [-0.39, 0.29) is 24.4 Å². The molecule has 0 spiro atoms. The predicted octanol–water partition coefficient (Wildman–Crippen LogP) is 7.30. The van der Waals surface area contributed by atoms with Crippen molar-refractivity contribution in [2.45, 2.75) is 97.4 Å². The lowest BCUT2D eigenvalue weighted by Crippen LogP contribution is -2.47. The number of benzene rings is 1. The van der Waals surface area contributed by atoms with E-state index in [1.165, 1.54) is 47.3 Å². The van der Waals surface area contributed by atoms with Crippen molar-refractivity contribution in [1.29, 1.82) is 0 Å². The molecule has 0 saturated heterocycles. The molecule has 1 aliphatic heterocycles.